The molecule has 0 spiro atoms. The Morgan fingerprint density at radius 2 is 2.04 bits per heavy atom. The van der Waals surface area contributed by atoms with Gasteiger partial charge in [0.1, 0.15) is 5.76 Å². The Hall–Kier alpha value is -2.12. The summed E-state index contributed by atoms with van der Waals surface area (Å²) in [6, 6.07) is 3.62. The number of amides is 1. The predicted octanol–water partition coefficient (Wildman–Crippen LogP) is 2.15. The highest BCUT2D eigenvalue weighted by atomic mass is 16.5. The van der Waals surface area contributed by atoms with Crippen LogP contribution in [0.3, 0.4) is 0 Å². The molecule has 0 saturated heterocycles. The van der Waals surface area contributed by atoms with Gasteiger partial charge in [-0.1, -0.05) is 19.0 Å². The van der Waals surface area contributed by atoms with Crippen LogP contribution in [0.25, 0.3) is 5.82 Å². The largest absolute Gasteiger partial charge is 0.389 e. The fourth-order valence-electron chi connectivity index (χ4n) is 2.61. The standard InChI is InChI=1S/C18H27N3O4/c1-11(2)9-24-10-15(22)8-19-18(23)16-6-12(3)21(14(16)5)17-7-13(4)25-20-17/h6-7,11,15,22H,8-10H2,1-5H3,(H,19,23). The maximum Gasteiger partial charge on any atom is 0.253 e. The van der Waals surface area contributed by atoms with Gasteiger partial charge in [-0.05, 0) is 32.8 Å². The number of carbonyl (C=O) groups is 1. The second-order valence-electron chi connectivity index (χ2n) is 6.71. The molecule has 0 aliphatic carbocycles. The lowest BCUT2D eigenvalue weighted by molar-refractivity contribution is 0.0259. The number of aliphatic hydroxyl groups is 1. The molecule has 0 fully saturated rings. The molecule has 1 atom stereocenters. The first-order chi connectivity index (χ1) is 11.8. The minimum absolute atomic E-state index is 0.143. The van der Waals surface area contributed by atoms with Gasteiger partial charge >= 0.3 is 0 Å². The Morgan fingerprint density at radius 3 is 2.64 bits per heavy atom. The lowest BCUT2D eigenvalue weighted by Crippen LogP contribution is -2.35. The first-order valence-corrected chi connectivity index (χ1v) is 8.46. The zero-order valence-corrected chi connectivity index (χ0v) is 15.5. The number of hydrogen-bond acceptors (Lipinski definition) is 5. The van der Waals surface area contributed by atoms with Gasteiger partial charge in [-0.15, -0.1) is 0 Å². The Bertz CT molecular complexity index is 718. The number of ether oxygens (including phenoxy) is 1. The number of aromatic nitrogens is 2. The van der Waals surface area contributed by atoms with Crippen LogP contribution in [-0.4, -0.2) is 46.6 Å². The van der Waals surface area contributed by atoms with Gasteiger partial charge in [0.15, 0.2) is 5.82 Å². The van der Waals surface area contributed by atoms with Crippen LogP contribution < -0.4 is 5.32 Å². The molecule has 25 heavy (non-hydrogen) atoms. The van der Waals surface area contributed by atoms with Gasteiger partial charge in [0.25, 0.3) is 5.91 Å². The number of hydrogen-bond donors (Lipinski definition) is 2. The molecule has 2 aromatic heterocycles. The molecular formula is C18H27N3O4. The highest BCUT2D eigenvalue weighted by Gasteiger charge is 2.19. The summed E-state index contributed by atoms with van der Waals surface area (Å²) in [5.74, 6) is 1.53. The zero-order valence-electron chi connectivity index (χ0n) is 15.5. The monoisotopic (exact) mass is 349 g/mol. The number of nitrogens with one attached hydrogen (secondary N) is 1. The van der Waals surface area contributed by atoms with E-state index < -0.39 is 6.10 Å². The van der Waals surface area contributed by atoms with Gasteiger partial charge in [0.2, 0.25) is 0 Å². The predicted molar refractivity (Wildman–Crippen MR) is 94.0 cm³/mol. The summed E-state index contributed by atoms with van der Waals surface area (Å²) in [7, 11) is 0. The number of nitrogens with zero attached hydrogens (tertiary/aromatic N) is 2. The normalized spacial score (nSPS) is 12.6. The van der Waals surface area contributed by atoms with Crippen molar-refractivity contribution in [3.63, 3.8) is 0 Å². The first-order valence-electron chi connectivity index (χ1n) is 8.46. The van der Waals surface area contributed by atoms with Crippen molar-refractivity contribution in [1.29, 1.82) is 0 Å². The summed E-state index contributed by atoms with van der Waals surface area (Å²) in [5.41, 5.74) is 2.21. The second-order valence-corrected chi connectivity index (χ2v) is 6.71. The Morgan fingerprint density at radius 1 is 1.32 bits per heavy atom. The minimum atomic E-state index is -0.732. The van der Waals surface area contributed by atoms with E-state index in [1.807, 2.05) is 45.3 Å². The summed E-state index contributed by atoms with van der Waals surface area (Å²) in [5, 5.41) is 16.7. The van der Waals surface area contributed by atoms with E-state index in [0.717, 1.165) is 11.4 Å². The van der Waals surface area contributed by atoms with Crippen LogP contribution in [0.2, 0.25) is 0 Å². The van der Waals surface area contributed by atoms with Gasteiger partial charge in [-0.2, -0.15) is 0 Å². The molecule has 7 heteroatoms. The summed E-state index contributed by atoms with van der Waals surface area (Å²) in [6.45, 7) is 10.6. The van der Waals surface area contributed by atoms with Crippen LogP contribution in [0.5, 0.6) is 0 Å². The molecule has 1 unspecified atom stereocenters. The summed E-state index contributed by atoms with van der Waals surface area (Å²) < 4.78 is 12.4. The molecule has 2 aromatic rings. The lowest BCUT2D eigenvalue weighted by Gasteiger charge is -2.13. The van der Waals surface area contributed by atoms with Gasteiger partial charge in [0, 0.05) is 30.6 Å². The summed E-state index contributed by atoms with van der Waals surface area (Å²) in [4.78, 5) is 12.4. The lowest BCUT2D eigenvalue weighted by atomic mass is 10.2. The molecule has 2 heterocycles. The number of carbonyl (C=O) groups excluding carboxylic acids is 1. The number of rotatable bonds is 8. The van der Waals surface area contributed by atoms with Crippen LogP contribution >= 0.6 is 0 Å². The number of aliphatic hydroxyl groups excluding tert-OH is 1. The molecule has 7 nitrogen and oxygen atoms in total. The molecule has 0 aliphatic heterocycles. The molecule has 2 rings (SSSR count). The third-order valence-electron chi connectivity index (χ3n) is 3.78. The van der Waals surface area contributed by atoms with Crippen molar-refractivity contribution < 1.29 is 19.2 Å². The van der Waals surface area contributed by atoms with E-state index in [1.54, 1.807) is 6.07 Å². The molecule has 0 radical (unpaired) electrons. The van der Waals surface area contributed by atoms with Gasteiger partial charge in [0.05, 0.1) is 18.3 Å². The van der Waals surface area contributed by atoms with Gasteiger partial charge in [-0.3, -0.25) is 9.36 Å². The molecule has 0 saturated carbocycles. The quantitative estimate of drug-likeness (QED) is 0.762. The molecule has 138 valence electrons. The third kappa shape index (κ3) is 4.93. The maximum absolute atomic E-state index is 12.4. The fraction of sp³-hybridized carbons (Fsp3) is 0.556. The molecule has 2 N–H and O–H groups in total. The maximum atomic E-state index is 12.4. The molecule has 0 aromatic carbocycles. The van der Waals surface area contributed by atoms with Gasteiger partial charge in [-0.25, -0.2) is 0 Å². The smallest absolute Gasteiger partial charge is 0.253 e. The highest BCUT2D eigenvalue weighted by Crippen LogP contribution is 2.20. The molecule has 0 aliphatic rings. The van der Waals surface area contributed by atoms with Crippen molar-refractivity contribution in [2.75, 3.05) is 19.8 Å². The summed E-state index contributed by atoms with van der Waals surface area (Å²) >= 11 is 0. The molecule has 0 bridgehead atoms. The average Bonchev–Trinajstić information content (AvgIpc) is 3.07. The van der Waals surface area contributed by atoms with Crippen LogP contribution in [0.15, 0.2) is 16.7 Å². The van der Waals surface area contributed by atoms with E-state index in [9.17, 15) is 9.90 Å². The first kappa shape index (κ1) is 19.2. The van der Waals surface area contributed by atoms with E-state index in [4.69, 9.17) is 9.26 Å². The van der Waals surface area contributed by atoms with Crippen molar-refractivity contribution in [1.82, 2.24) is 15.0 Å². The molecule has 1 amide bonds. The van der Waals surface area contributed by atoms with E-state index in [-0.39, 0.29) is 19.1 Å². The topological polar surface area (TPSA) is 89.5 Å². The van der Waals surface area contributed by atoms with E-state index in [1.165, 1.54) is 0 Å². The SMILES string of the molecule is Cc1cc(-n2c(C)cc(C(=O)NCC(O)COCC(C)C)c2C)no1. The molecular weight excluding hydrogens is 322 g/mol. The van der Waals surface area contributed by atoms with Crippen molar-refractivity contribution in [2.24, 2.45) is 5.92 Å². The van der Waals surface area contributed by atoms with Crippen molar-refractivity contribution >= 4 is 5.91 Å². The fourth-order valence-corrected chi connectivity index (χ4v) is 2.61. The second kappa shape index (κ2) is 8.31. The average molecular weight is 349 g/mol. The van der Waals surface area contributed by atoms with E-state index >= 15 is 0 Å². The zero-order chi connectivity index (χ0) is 18.6. The Labute approximate surface area is 148 Å². The van der Waals surface area contributed by atoms with E-state index in [0.29, 0.717) is 29.7 Å². The van der Waals surface area contributed by atoms with Crippen LogP contribution in [0.4, 0.5) is 0 Å². The number of aryl methyl sites for hydroxylation is 2. The highest BCUT2D eigenvalue weighted by molar-refractivity contribution is 5.95. The Kier molecular flexibility index (Phi) is 6.39. The van der Waals surface area contributed by atoms with E-state index in [2.05, 4.69) is 10.5 Å². The van der Waals surface area contributed by atoms with Crippen LogP contribution in [-0.2, 0) is 4.74 Å². The third-order valence-corrected chi connectivity index (χ3v) is 3.78. The van der Waals surface area contributed by atoms with Crippen LogP contribution in [0.1, 0.15) is 41.4 Å². The van der Waals surface area contributed by atoms with Crippen molar-refractivity contribution in [2.45, 2.75) is 40.7 Å². The summed E-state index contributed by atoms with van der Waals surface area (Å²) in [6.07, 6.45) is -0.732. The minimum Gasteiger partial charge on any atom is -0.389 e. The van der Waals surface area contributed by atoms with Crippen LogP contribution in [0, 0.1) is 26.7 Å². The van der Waals surface area contributed by atoms with Crippen molar-refractivity contribution in [3.8, 4) is 5.82 Å². The Balaban J connectivity index is 1.98. The van der Waals surface area contributed by atoms with Crippen molar-refractivity contribution in [3.05, 3.63) is 34.8 Å². The van der Waals surface area contributed by atoms with Gasteiger partial charge < -0.3 is 19.7 Å².